The van der Waals surface area contributed by atoms with Crippen LogP contribution >= 0.6 is 0 Å². The number of rotatable bonds is 7. The van der Waals surface area contributed by atoms with E-state index in [1.54, 1.807) is 0 Å². The maximum absolute atomic E-state index is 12.9. The molecule has 2 rings (SSSR count). The number of nitro benzene ring substituents is 1. The summed E-state index contributed by atoms with van der Waals surface area (Å²) in [5, 5.41) is 13.9. The van der Waals surface area contributed by atoms with Gasteiger partial charge in [0, 0.05) is 12.1 Å². The van der Waals surface area contributed by atoms with Gasteiger partial charge in [-0.2, -0.15) is 0 Å². The number of hydrogen-bond acceptors (Lipinski definition) is 5. The normalized spacial score (nSPS) is 13.4. The van der Waals surface area contributed by atoms with Crippen LogP contribution in [0.4, 0.5) is 11.4 Å². The van der Waals surface area contributed by atoms with E-state index >= 15 is 0 Å². The maximum atomic E-state index is 12.9. The third kappa shape index (κ3) is 5.32. The Morgan fingerprint density at radius 3 is 2.38 bits per heavy atom. The van der Waals surface area contributed by atoms with Gasteiger partial charge in [0.2, 0.25) is 15.9 Å². The van der Waals surface area contributed by atoms with E-state index in [4.69, 9.17) is 0 Å². The molecule has 0 aromatic heterocycles. The molecule has 0 bridgehead atoms. The fourth-order valence-electron chi connectivity index (χ4n) is 3.19. The van der Waals surface area contributed by atoms with Crippen molar-refractivity contribution < 1.29 is 18.1 Å². The number of amides is 1. The van der Waals surface area contributed by atoms with Crippen LogP contribution in [-0.2, 0) is 14.8 Å². The molecule has 8 nitrogen and oxygen atoms in total. The number of nitrogens with one attached hydrogen (secondary N) is 1. The predicted molar refractivity (Wildman–Crippen MR) is 112 cm³/mol. The first-order valence-electron chi connectivity index (χ1n) is 9.03. The van der Waals surface area contributed by atoms with Crippen molar-refractivity contribution in [3.8, 4) is 0 Å². The number of nitro groups is 1. The van der Waals surface area contributed by atoms with Gasteiger partial charge in [-0.25, -0.2) is 8.42 Å². The van der Waals surface area contributed by atoms with E-state index in [2.05, 4.69) is 5.32 Å². The van der Waals surface area contributed by atoms with Gasteiger partial charge in [0.1, 0.15) is 6.04 Å². The molecule has 0 aliphatic heterocycles. The summed E-state index contributed by atoms with van der Waals surface area (Å²) in [6.07, 6.45) is 0.962. The van der Waals surface area contributed by atoms with Gasteiger partial charge in [-0.05, 0) is 44.9 Å². The van der Waals surface area contributed by atoms with Gasteiger partial charge in [0.15, 0.2) is 0 Å². The quantitative estimate of drug-likeness (QED) is 0.547. The molecule has 9 heteroatoms. The lowest BCUT2D eigenvalue weighted by molar-refractivity contribution is -0.384. The van der Waals surface area contributed by atoms with Crippen LogP contribution in [0.25, 0.3) is 0 Å². The summed E-state index contributed by atoms with van der Waals surface area (Å²) in [6, 6.07) is 9.68. The Bertz CT molecular complexity index is 1040. The van der Waals surface area contributed by atoms with Crippen LogP contribution in [0.1, 0.15) is 36.6 Å². The minimum atomic E-state index is -3.87. The molecule has 1 amide bonds. The van der Waals surface area contributed by atoms with Crippen LogP contribution in [0.3, 0.4) is 0 Å². The van der Waals surface area contributed by atoms with E-state index in [1.807, 2.05) is 39.0 Å². The zero-order chi connectivity index (χ0) is 21.9. The molecule has 2 aromatic rings. The lowest BCUT2D eigenvalue weighted by atomic mass is 10.00. The topological polar surface area (TPSA) is 110 Å². The second-order valence-electron chi connectivity index (χ2n) is 7.10. The Labute approximate surface area is 170 Å². The van der Waals surface area contributed by atoms with Gasteiger partial charge >= 0.3 is 0 Å². The number of carbonyl (C=O) groups excluding carboxylic acids is 1. The van der Waals surface area contributed by atoms with Gasteiger partial charge in [-0.3, -0.25) is 19.2 Å². The third-order valence-electron chi connectivity index (χ3n) is 4.64. The Morgan fingerprint density at radius 2 is 1.79 bits per heavy atom. The molecule has 0 fully saturated rings. The highest BCUT2D eigenvalue weighted by atomic mass is 32.2. The minimum Gasteiger partial charge on any atom is -0.348 e. The number of anilines is 1. The van der Waals surface area contributed by atoms with Crippen molar-refractivity contribution in [1.29, 1.82) is 0 Å². The summed E-state index contributed by atoms with van der Waals surface area (Å²) in [7, 11) is -3.87. The van der Waals surface area contributed by atoms with Crippen LogP contribution in [0.5, 0.6) is 0 Å². The first kappa shape index (κ1) is 22.4. The molecule has 2 aromatic carbocycles. The molecule has 0 aliphatic rings. The van der Waals surface area contributed by atoms with Crippen LogP contribution in [-0.4, -0.2) is 31.5 Å². The predicted octanol–water partition coefficient (Wildman–Crippen LogP) is 3.24. The smallest absolute Gasteiger partial charge is 0.271 e. The summed E-state index contributed by atoms with van der Waals surface area (Å²) in [4.78, 5) is 23.3. The molecule has 0 saturated heterocycles. The largest absolute Gasteiger partial charge is 0.348 e. The van der Waals surface area contributed by atoms with Crippen molar-refractivity contribution in [1.82, 2.24) is 5.32 Å². The first-order chi connectivity index (χ1) is 13.4. The van der Waals surface area contributed by atoms with Gasteiger partial charge in [0.25, 0.3) is 5.69 Å². The lowest BCUT2D eigenvalue weighted by Gasteiger charge is -2.29. The van der Waals surface area contributed by atoms with E-state index in [-0.39, 0.29) is 17.4 Å². The van der Waals surface area contributed by atoms with Crippen molar-refractivity contribution in [3.05, 3.63) is 69.3 Å². The number of non-ortho nitro benzene ring substituents is 1. The fraction of sp³-hybridized carbons (Fsp3) is 0.350. The lowest BCUT2D eigenvalue weighted by Crippen LogP contribution is -2.48. The average Bonchev–Trinajstić information content (AvgIpc) is 2.62. The van der Waals surface area contributed by atoms with E-state index in [0.29, 0.717) is 0 Å². The summed E-state index contributed by atoms with van der Waals surface area (Å²) in [5.74, 6) is -0.504. The van der Waals surface area contributed by atoms with E-state index in [1.165, 1.54) is 25.1 Å². The Hall–Kier alpha value is -2.94. The number of nitrogens with zero attached hydrogens (tertiary/aromatic N) is 2. The van der Waals surface area contributed by atoms with E-state index < -0.39 is 26.9 Å². The third-order valence-corrected chi connectivity index (χ3v) is 5.89. The maximum Gasteiger partial charge on any atom is 0.271 e. The highest BCUT2D eigenvalue weighted by molar-refractivity contribution is 7.92. The molecule has 0 saturated carbocycles. The average molecular weight is 420 g/mol. The van der Waals surface area contributed by atoms with Gasteiger partial charge in [-0.15, -0.1) is 0 Å². The molecule has 0 aliphatic carbocycles. The molecular formula is C20H25N3O5S. The van der Waals surface area contributed by atoms with Gasteiger partial charge in [0.05, 0.1) is 22.9 Å². The number of sulfonamides is 1. The number of carbonyl (C=O) groups is 1. The standard InChI is InChI=1S/C20H25N3O5S/c1-13-9-10-14(2)19(11-13)15(3)21-20(24)16(4)22(29(5,27)28)17-7-6-8-18(12-17)23(25)26/h6-12,15-16H,1-5H3,(H,21,24)/t15-,16+/m0/s1. The second-order valence-corrected chi connectivity index (χ2v) is 8.96. The summed E-state index contributed by atoms with van der Waals surface area (Å²) in [5.41, 5.74) is 2.80. The molecule has 1 N–H and O–H groups in total. The van der Waals surface area contributed by atoms with Crippen molar-refractivity contribution in [2.45, 2.75) is 39.8 Å². The van der Waals surface area contributed by atoms with Crippen molar-refractivity contribution in [2.75, 3.05) is 10.6 Å². The summed E-state index contributed by atoms with van der Waals surface area (Å²) in [6.45, 7) is 7.16. The number of aryl methyl sites for hydroxylation is 2. The molecular weight excluding hydrogens is 394 g/mol. The molecule has 0 heterocycles. The summed E-state index contributed by atoms with van der Waals surface area (Å²) < 4.78 is 25.7. The Morgan fingerprint density at radius 1 is 1.14 bits per heavy atom. The number of hydrogen-bond donors (Lipinski definition) is 1. The minimum absolute atomic E-state index is 0.0590. The van der Waals surface area contributed by atoms with Crippen molar-refractivity contribution in [3.63, 3.8) is 0 Å². The second kappa shape index (κ2) is 8.60. The number of benzene rings is 2. The van der Waals surface area contributed by atoms with E-state index in [0.717, 1.165) is 33.3 Å². The van der Waals surface area contributed by atoms with Gasteiger partial charge < -0.3 is 5.32 Å². The molecule has 0 unspecified atom stereocenters. The van der Waals surface area contributed by atoms with Crippen molar-refractivity contribution >= 4 is 27.3 Å². The monoisotopic (exact) mass is 419 g/mol. The first-order valence-corrected chi connectivity index (χ1v) is 10.9. The highest BCUT2D eigenvalue weighted by Crippen LogP contribution is 2.26. The van der Waals surface area contributed by atoms with Crippen molar-refractivity contribution in [2.24, 2.45) is 0 Å². The fourth-order valence-corrected chi connectivity index (χ4v) is 4.36. The molecule has 0 spiro atoms. The molecule has 0 radical (unpaired) electrons. The molecule has 2 atom stereocenters. The molecule has 156 valence electrons. The molecule has 29 heavy (non-hydrogen) atoms. The Balaban J connectivity index is 2.33. The Kier molecular flexibility index (Phi) is 6.63. The zero-order valence-electron chi connectivity index (χ0n) is 17.0. The zero-order valence-corrected chi connectivity index (χ0v) is 17.9. The summed E-state index contributed by atoms with van der Waals surface area (Å²) >= 11 is 0. The SMILES string of the molecule is Cc1ccc(C)c([C@H](C)NC(=O)[C@@H](C)N(c2cccc([N+](=O)[O-])c2)S(C)(=O)=O)c1. The van der Waals surface area contributed by atoms with E-state index in [9.17, 15) is 23.3 Å². The van der Waals surface area contributed by atoms with Crippen LogP contribution < -0.4 is 9.62 Å². The van der Waals surface area contributed by atoms with Gasteiger partial charge in [-0.1, -0.05) is 29.8 Å². The van der Waals surface area contributed by atoms with Crippen LogP contribution in [0.2, 0.25) is 0 Å². The highest BCUT2D eigenvalue weighted by Gasteiger charge is 2.31. The van der Waals surface area contributed by atoms with Crippen LogP contribution in [0, 0.1) is 24.0 Å². The van der Waals surface area contributed by atoms with Crippen LogP contribution in [0.15, 0.2) is 42.5 Å².